The number of aliphatic hydroxyl groups excluding tert-OH is 1. The zero-order chi connectivity index (χ0) is 26.4. The Morgan fingerprint density at radius 1 is 1.17 bits per heavy atom. The maximum atomic E-state index is 14.1. The van der Waals surface area contributed by atoms with E-state index in [1.165, 1.54) is 4.90 Å². The number of hydrogen-bond acceptors (Lipinski definition) is 7. The van der Waals surface area contributed by atoms with Gasteiger partial charge in [-0.1, -0.05) is 20.8 Å². The van der Waals surface area contributed by atoms with Gasteiger partial charge in [0.25, 0.3) is 0 Å². The summed E-state index contributed by atoms with van der Waals surface area (Å²) in [4.78, 5) is 45.3. The van der Waals surface area contributed by atoms with Crippen LogP contribution in [-0.2, 0) is 14.3 Å². The van der Waals surface area contributed by atoms with E-state index in [1.54, 1.807) is 6.07 Å². The van der Waals surface area contributed by atoms with E-state index in [0.29, 0.717) is 23.6 Å². The van der Waals surface area contributed by atoms with Gasteiger partial charge in [-0.25, -0.2) is 0 Å². The number of nitrogens with two attached hydrogens (primary N) is 1. The molecular weight excluding hydrogens is 460 g/mol. The number of carbonyl (C=O) groups excluding carboxylic acids is 3. The molecule has 0 radical (unpaired) electrons. The van der Waals surface area contributed by atoms with Crippen molar-refractivity contribution in [1.29, 1.82) is 0 Å². The van der Waals surface area contributed by atoms with Gasteiger partial charge >= 0.3 is 0 Å². The fourth-order valence-corrected chi connectivity index (χ4v) is 5.76. The maximum absolute atomic E-state index is 14.1. The molecule has 0 saturated carbocycles. The quantitative estimate of drug-likeness (QED) is 0.606. The van der Waals surface area contributed by atoms with E-state index < -0.39 is 30.1 Å². The number of piperazine rings is 1. The van der Waals surface area contributed by atoms with E-state index in [0.717, 1.165) is 31.9 Å². The molecule has 3 N–H and O–H groups in total. The molecule has 0 bridgehead atoms. The Kier molecular flexibility index (Phi) is 7.46. The third kappa shape index (κ3) is 5.28. The van der Waals surface area contributed by atoms with Crippen LogP contribution in [0.3, 0.4) is 0 Å². The number of ketones is 1. The SMILES string of the molecule is CC(C)N1CCN(c2ccc(C(N)=O)c([C@H](CC(C)(C)C)C(=O)N3C[C@H](O)[C@H]4OCC(=O)[C@H]43)c2)CC1. The minimum absolute atomic E-state index is 0.0311. The van der Waals surface area contributed by atoms with Crippen molar-refractivity contribution in [1.82, 2.24) is 9.80 Å². The van der Waals surface area contributed by atoms with E-state index in [4.69, 9.17) is 10.5 Å². The standard InChI is InChI=1S/C27H40N4O5/c1-16(2)29-8-10-30(11-9-29)17-6-7-18(25(28)34)19(12-17)20(13-27(3,4)5)26(35)31-14-21(32)24-23(31)22(33)15-36-24/h6-7,12,16,20-21,23-24,32H,8-11,13-15H2,1-5H3,(H2,28,34)/t20-,21-,23+,24+/m0/s1. The molecule has 198 valence electrons. The number of Topliss-reactive ketones (excluding diaryl/α,β-unsaturated/α-hetero) is 1. The van der Waals surface area contributed by atoms with E-state index in [9.17, 15) is 19.5 Å². The molecule has 3 saturated heterocycles. The van der Waals surface area contributed by atoms with Crippen LogP contribution in [0.15, 0.2) is 18.2 Å². The summed E-state index contributed by atoms with van der Waals surface area (Å²) in [5.74, 6) is -1.76. The zero-order valence-electron chi connectivity index (χ0n) is 22.1. The van der Waals surface area contributed by atoms with E-state index in [1.807, 2.05) is 32.9 Å². The molecule has 3 heterocycles. The van der Waals surface area contributed by atoms with Gasteiger partial charge in [-0.2, -0.15) is 0 Å². The van der Waals surface area contributed by atoms with Gasteiger partial charge in [0.2, 0.25) is 11.8 Å². The number of β-amino-alcohol motifs (C(OH)–C–C–N with tert-alkyl or cyclic N) is 1. The first-order valence-electron chi connectivity index (χ1n) is 12.9. The number of benzene rings is 1. The molecule has 0 aromatic heterocycles. The lowest BCUT2D eigenvalue weighted by Crippen LogP contribution is -2.49. The highest BCUT2D eigenvalue weighted by Crippen LogP contribution is 2.39. The van der Waals surface area contributed by atoms with Crippen molar-refractivity contribution in [2.75, 3.05) is 44.2 Å². The number of carbonyl (C=O) groups is 3. The Balaban J connectivity index is 1.70. The van der Waals surface area contributed by atoms with Crippen LogP contribution in [0.1, 0.15) is 62.9 Å². The number of fused-ring (bicyclic) bond motifs is 1. The van der Waals surface area contributed by atoms with E-state index in [2.05, 4.69) is 23.6 Å². The molecule has 3 aliphatic rings. The summed E-state index contributed by atoms with van der Waals surface area (Å²) in [7, 11) is 0. The van der Waals surface area contributed by atoms with Crippen LogP contribution in [0.2, 0.25) is 0 Å². The summed E-state index contributed by atoms with van der Waals surface area (Å²) < 4.78 is 5.48. The highest BCUT2D eigenvalue weighted by Gasteiger charge is 2.53. The molecular formula is C27H40N4O5. The van der Waals surface area contributed by atoms with Gasteiger partial charge < -0.3 is 25.4 Å². The summed E-state index contributed by atoms with van der Waals surface area (Å²) in [6.45, 7) is 14.0. The number of aliphatic hydroxyl groups is 1. The smallest absolute Gasteiger partial charge is 0.249 e. The molecule has 4 rings (SSSR count). The molecule has 9 heteroatoms. The number of anilines is 1. The van der Waals surface area contributed by atoms with Crippen LogP contribution in [0.25, 0.3) is 0 Å². The second kappa shape index (κ2) is 10.1. The van der Waals surface area contributed by atoms with Crippen LogP contribution in [0, 0.1) is 5.41 Å². The van der Waals surface area contributed by atoms with Gasteiger partial charge in [0.15, 0.2) is 5.78 Å². The van der Waals surface area contributed by atoms with Crippen molar-refractivity contribution in [3.8, 4) is 0 Å². The molecule has 0 spiro atoms. The molecule has 2 amide bonds. The predicted molar refractivity (Wildman–Crippen MR) is 137 cm³/mol. The van der Waals surface area contributed by atoms with Crippen LogP contribution in [0.4, 0.5) is 5.69 Å². The van der Waals surface area contributed by atoms with Gasteiger partial charge in [-0.15, -0.1) is 0 Å². The van der Waals surface area contributed by atoms with Gasteiger partial charge in [-0.3, -0.25) is 19.3 Å². The normalized spacial score (nSPS) is 26.0. The van der Waals surface area contributed by atoms with E-state index >= 15 is 0 Å². The molecule has 36 heavy (non-hydrogen) atoms. The van der Waals surface area contributed by atoms with Gasteiger partial charge in [0.05, 0.1) is 12.5 Å². The minimum atomic E-state index is -0.917. The fraction of sp³-hybridized carbons (Fsp3) is 0.667. The number of nitrogens with zero attached hydrogens (tertiary/aromatic N) is 3. The Bertz CT molecular complexity index is 1010. The van der Waals surface area contributed by atoms with Gasteiger partial charge in [0.1, 0.15) is 24.9 Å². The summed E-state index contributed by atoms with van der Waals surface area (Å²) in [5, 5.41) is 10.5. The lowest BCUT2D eigenvalue weighted by Gasteiger charge is -2.38. The second-order valence-electron chi connectivity index (χ2n) is 11.8. The third-order valence-corrected chi connectivity index (χ3v) is 7.64. The molecule has 0 unspecified atom stereocenters. The van der Waals surface area contributed by atoms with Crippen molar-refractivity contribution in [3.63, 3.8) is 0 Å². The zero-order valence-corrected chi connectivity index (χ0v) is 22.1. The number of ether oxygens (including phenoxy) is 1. The fourth-order valence-electron chi connectivity index (χ4n) is 5.76. The Labute approximate surface area is 213 Å². The van der Waals surface area contributed by atoms with Crippen molar-refractivity contribution < 1.29 is 24.2 Å². The van der Waals surface area contributed by atoms with Crippen molar-refractivity contribution >= 4 is 23.3 Å². The molecule has 9 nitrogen and oxygen atoms in total. The summed E-state index contributed by atoms with van der Waals surface area (Å²) in [6, 6.07) is 5.24. The second-order valence-corrected chi connectivity index (χ2v) is 11.8. The molecule has 3 aliphatic heterocycles. The first-order valence-corrected chi connectivity index (χ1v) is 12.9. The number of primary amides is 1. The predicted octanol–water partition coefficient (Wildman–Crippen LogP) is 1.38. The number of amides is 2. The Morgan fingerprint density at radius 3 is 2.42 bits per heavy atom. The number of hydrogen-bond donors (Lipinski definition) is 2. The number of rotatable bonds is 6. The highest BCUT2D eigenvalue weighted by atomic mass is 16.5. The minimum Gasteiger partial charge on any atom is -0.388 e. The molecule has 1 aromatic carbocycles. The highest BCUT2D eigenvalue weighted by molar-refractivity contribution is 5.99. The van der Waals surface area contributed by atoms with Gasteiger partial charge in [0, 0.05) is 43.5 Å². The van der Waals surface area contributed by atoms with Gasteiger partial charge in [-0.05, 0) is 49.4 Å². The Hall–Kier alpha value is -2.49. The summed E-state index contributed by atoms with van der Waals surface area (Å²) >= 11 is 0. The van der Waals surface area contributed by atoms with E-state index in [-0.39, 0.29) is 30.3 Å². The average Bonchev–Trinajstić information content (AvgIpc) is 3.36. The first-order chi connectivity index (χ1) is 16.9. The monoisotopic (exact) mass is 500 g/mol. The first kappa shape index (κ1) is 26.6. The Morgan fingerprint density at radius 2 is 1.83 bits per heavy atom. The third-order valence-electron chi connectivity index (χ3n) is 7.64. The van der Waals surface area contributed by atoms with Crippen LogP contribution in [-0.4, -0.2) is 96.1 Å². The van der Waals surface area contributed by atoms with Crippen molar-refractivity contribution in [3.05, 3.63) is 29.3 Å². The van der Waals surface area contributed by atoms with Crippen molar-refractivity contribution in [2.45, 2.75) is 71.2 Å². The summed E-state index contributed by atoms with van der Waals surface area (Å²) in [5.41, 5.74) is 7.37. The molecule has 0 aliphatic carbocycles. The van der Waals surface area contributed by atoms with Crippen molar-refractivity contribution in [2.24, 2.45) is 11.1 Å². The van der Waals surface area contributed by atoms with Crippen LogP contribution >= 0.6 is 0 Å². The maximum Gasteiger partial charge on any atom is 0.249 e. The lowest BCUT2D eigenvalue weighted by atomic mass is 9.79. The largest absolute Gasteiger partial charge is 0.388 e. The van der Waals surface area contributed by atoms with Crippen LogP contribution in [0.5, 0.6) is 0 Å². The lowest BCUT2D eigenvalue weighted by molar-refractivity contribution is -0.138. The average molecular weight is 501 g/mol. The summed E-state index contributed by atoms with van der Waals surface area (Å²) in [6.07, 6.45) is -1.16. The molecule has 1 aromatic rings. The molecule has 4 atom stereocenters. The molecule has 3 fully saturated rings. The topological polar surface area (TPSA) is 116 Å². The number of likely N-dealkylation sites (tertiary alicyclic amines) is 1. The van der Waals surface area contributed by atoms with Crippen LogP contribution < -0.4 is 10.6 Å².